The van der Waals surface area contributed by atoms with Gasteiger partial charge in [-0.1, -0.05) is 0 Å². The highest BCUT2D eigenvalue weighted by Gasteiger charge is 2.25. The van der Waals surface area contributed by atoms with Crippen molar-refractivity contribution in [2.45, 2.75) is 6.54 Å². The SMILES string of the molecule is CN1CCN(C(=O)CN2CC(=O)Nc3ncc(/C=C/C(=O)O)cc3C2)CC1.Cl. The first-order chi connectivity index (χ1) is 12.9. The van der Waals surface area contributed by atoms with Crippen molar-refractivity contribution >= 4 is 42.1 Å². The number of hydrogen-bond acceptors (Lipinski definition) is 6. The Bertz CT molecular complexity index is 777. The zero-order valence-corrected chi connectivity index (χ0v) is 16.4. The third-order valence-corrected chi connectivity index (χ3v) is 4.64. The summed E-state index contributed by atoms with van der Waals surface area (Å²) in [5.74, 6) is -0.810. The number of anilines is 1. The lowest BCUT2D eigenvalue weighted by Crippen LogP contribution is -2.50. The summed E-state index contributed by atoms with van der Waals surface area (Å²) in [5.41, 5.74) is 1.37. The molecule has 0 spiro atoms. The first-order valence-electron chi connectivity index (χ1n) is 8.79. The maximum atomic E-state index is 12.6. The molecule has 0 unspecified atom stereocenters. The number of aromatic nitrogens is 1. The molecule has 0 bridgehead atoms. The average Bonchev–Trinajstić information content (AvgIpc) is 2.77. The fraction of sp³-hybridized carbons (Fsp3) is 0.444. The van der Waals surface area contributed by atoms with E-state index in [1.165, 1.54) is 12.3 Å². The number of piperazine rings is 1. The van der Waals surface area contributed by atoms with Crippen LogP contribution in [0, 0.1) is 0 Å². The molecule has 2 aliphatic rings. The Morgan fingerprint density at radius 2 is 1.96 bits per heavy atom. The molecular weight excluding hydrogens is 386 g/mol. The Balaban J connectivity index is 0.00000280. The quantitative estimate of drug-likeness (QED) is 0.681. The molecule has 0 atom stereocenters. The molecule has 28 heavy (non-hydrogen) atoms. The van der Waals surface area contributed by atoms with Crippen LogP contribution in [0.2, 0.25) is 0 Å². The molecule has 0 aromatic carbocycles. The predicted octanol–water partition coefficient (Wildman–Crippen LogP) is 0.129. The van der Waals surface area contributed by atoms with Crippen molar-refractivity contribution in [3.63, 3.8) is 0 Å². The number of pyridine rings is 1. The molecule has 1 fully saturated rings. The number of nitrogens with one attached hydrogen (secondary N) is 1. The van der Waals surface area contributed by atoms with Crippen molar-refractivity contribution in [1.29, 1.82) is 0 Å². The standard InChI is InChI=1S/C18H23N5O4.ClH/c1-21-4-6-23(7-5-21)16(25)12-22-10-14-8-13(2-3-17(26)27)9-19-18(14)20-15(24)11-22;/h2-3,8-9H,4-7,10-12H2,1H3,(H,26,27)(H,19,20,24);1H/b3-2+;. The summed E-state index contributed by atoms with van der Waals surface area (Å²) in [6.45, 7) is 3.73. The van der Waals surface area contributed by atoms with Crippen LogP contribution in [0.25, 0.3) is 6.08 Å². The van der Waals surface area contributed by atoms with Crippen molar-refractivity contribution in [3.8, 4) is 0 Å². The Morgan fingerprint density at radius 3 is 2.64 bits per heavy atom. The summed E-state index contributed by atoms with van der Waals surface area (Å²) in [4.78, 5) is 45.4. The summed E-state index contributed by atoms with van der Waals surface area (Å²) in [5, 5.41) is 11.5. The molecule has 2 amide bonds. The Hall–Kier alpha value is -2.49. The topological polar surface area (TPSA) is 106 Å². The third-order valence-electron chi connectivity index (χ3n) is 4.64. The monoisotopic (exact) mass is 409 g/mol. The van der Waals surface area contributed by atoms with Gasteiger partial charge < -0.3 is 20.2 Å². The Labute approximate surface area is 169 Å². The van der Waals surface area contributed by atoms with E-state index in [9.17, 15) is 14.4 Å². The number of likely N-dealkylation sites (N-methyl/N-ethyl adjacent to an activating group) is 1. The molecular formula is C18H24ClN5O4. The van der Waals surface area contributed by atoms with Crippen LogP contribution in [0.15, 0.2) is 18.3 Å². The van der Waals surface area contributed by atoms with Gasteiger partial charge in [0, 0.05) is 50.6 Å². The molecule has 3 rings (SSSR count). The van der Waals surface area contributed by atoms with Gasteiger partial charge in [0.05, 0.1) is 13.1 Å². The van der Waals surface area contributed by atoms with E-state index < -0.39 is 5.97 Å². The average molecular weight is 410 g/mol. The first-order valence-corrected chi connectivity index (χ1v) is 8.79. The zero-order chi connectivity index (χ0) is 19.4. The van der Waals surface area contributed by atoms with Gasteiger partial charge in [0.15, 0.2) is 0 Å². The van der Waals surface area contributed by atoms with Crippen molar-refractivity contribution in [2.24, 2.45) is 0 Å². The lowest BCUT2D eigenvalue weighted by molar-refractivity contribution is -0.134. The first kappa shape index (κ1) is 21.8. The predicted molar refractivity (Wildman–Crippen MR) is 106 cm³/mol. The Kier molecular flexibility index (Phi) is 7.50. The van der Waals surface area contributed by atoms with E-state index in [2.05, 4.69) is 15.2 Å². The van der Waals surface area contributed by atoms with Gasteiger partial charge in [0.1, 0.15) is 5.82 Å². The molecule has 152 valence electrons. The van der Waals surface area contributed by atoms with E-state index in [0.717, 1.165) is 24.7 Å². The number of carbonyl (C=O) groups excluding carboxylic acids is 2. The summed E-state index contributed by atoms with van der Waals surface area (Å²) in [6, 6.07) is 1.78. The second-order valence-electron chi connectivity index (χ2n) is 6.83. The normalized spacial score (nSPS) is 18.2. The van der Waals surface area contributed by atoms with Crippen LogP contribution in [0.4, 0.5) is 5.82 Å². The van der Waals surface area contributed by atoms with Gasteiger partial charge in [-0.3, -0.25) is 14.5 Å². The minimum Gasteiger partial charge on any atom is -0.478 e. The molecule has 0 radical (unpaired) electrons. The summed E-state index contributed by atoms with van der Waals surface area (Å²) in [6.07, 6.45) is 3.99. The highest BCUT2D eigenvalue weighted by molar-refractivity contribution is 5.93. The number of amides is 2. The number of halogens is 1. The fourth-order valence-electron chi connectivity index (χ4n) is 3.15. The van der Waals surface area contributed by atoms with Gasteiger partial charge in [0.25, 0.3) is 0 Å². The zero-order valence-electron chi connectivity index (χ0n) is 15.6. The highest BCUT2D eigenvalue weighted by atomic mass is 35.5. The number of carboxylic acid groups (broad SMARTS) is 1. The number of nitrogens with zero attached hydrogens (tertiary/aromatic N) is 4. The lowest BCUT2D eigenvalue weighted by Gasteiger charge is -2.33. The smallest absolute Gasteiger partial charge is 0.328 e. The van der Waals surface area contributed by atoms with Crippen molar-refractivity contribution in [2.75, 3.05) is 51.6 Å². The number of fused-ring (bicyclic) bond motifs is 1. The fourth-order valence-corrected chi connectivity index (χ4v) is 3.15. The van der Waals surface area contributed by atoms with Crippen LogP contribution in [-0.4, -0.2) is 88.9 Å². The molecule has 2 N–H and O–H groups in total. The van der Waals surface area contributed by atoms with Gasteiger partial charge in [0.2, 0.25) is 11.8 Å². The molecule has 3 heterocycles. The Morgan fingerprint density at radius 1 is 1.25 bits per heavy atom. The van der Waals surface area contributed by atoms with E-state index in [0.29, 0.717) is 31.0 Å². The molecule has 1 aromatic rings. The van der Waals surface area contributed by atoms with E-state index in [-0.39, 0.29) is 37.3 Å². The van der Waals surface area contributed by atoms with Gasteiger partial charge in [-0.05, 0) is 24.8 Å². The van der Waals surface area contributed by atoms with Crippen molar-refractivity contribution < 1.29 is 19.5 Å². The number of rotatable bonds is 4. The molecule has 2 aliphatic heterocycles. The van der Waals surface area contributed by atoms with E-state index in [1.54, 1.807) is 11.0 Å². The van der Waals surface area contributed by atoms with Crippen LogP contribution in [-0.2, 0) is 20.9 Å². The second-order valence-corrected chi connectivity index (χ2v) is 6.83. The minimum absolute atomic E-state index is 0. The van der Waals surface area contributed by atoms with Crippen molar-refractivity contribution in [1.82, 2.24) is 19.7 Å². The van der Waals surface area contributed by atoms with E-state index in [1.807, 2.05) is 11.9 Å². The maximum Gasteiger partial charge on any atom is 0.328 e. The third kappa shape index (κ3) is 5.75. The van der Waals surface area contributed by atoms with Gasteiger partial charge in [-0.15, -0.1) is 12.4 Å². The van der Waals surface area contributed by atoms with Crippen LogP contribution in [0.5, 0.6) is 0 Å². The molecule has 1 saturated heterocycles. The number of aliphatic carboxylic acids is 1. The van der Waals surface area contributed by atoms with E-state index >= 15 is 0 Å². The summed E-state index contributed by atoms with van der Waals surface area (Å²) >= 11 is 0. The largest absolute Gasteiger partial charge is 0.478 e. The van der Waals surface area contributed by atoms with E-state index in [4.69, 9.17) is 5.11 Å². The van der Waals surface area contributed by atoms with Crippen LogP contribution >= 0.6 is 12.4 Å². The van der Waals surface area contributed by atoms with Crippen molar-refractivity contribution in [3.05, 3.63) is 29.5 Å². The molecule has 10 heteroatoms. The summed E-state index contributed by atoms with van der Waals surface area (Å²) in [7, 11) is 2.03. The number of carbonyl (C=O) groups is 3. The molecule has 0 saturated carbocycles. The lowest BCUT2D eigenvalue weighted by atomic mass is 10.1. The number of carboxylic acids is 1. The molecule has 1 aromatic heterocycles. The van der Waals surface area contributed by atoms with Gasteiger partial charge >= 0.3 is 5.97 Å². The van der Waals surface area contributed by atoms with Gasteiger partial charge in [-0.25, -0.2) is 9.78 Å². The summed E-state index contributed by atoms with van der Waals surface area (Å²) < 4.78 is 0. The molecule has 0 aliphatic carbocycles. The minimum atomic E-state index is -1.04. The highest BCUT2D eigenvalue weighted by Crippen LogP contribution is 2.20. The van der Waals surface area contributed by atoms with Crippen LogP contribution in [0.1, 0.15) is 11.1 Å². The second kappa shape index (κ2) is 9.63. The molecule has 9 nitrogen and oxygen atoms in total. The van der Waals surface area contributed by atoms with Gasteiger partial charge in [-0.2, -0.15) is 0 Å². The van der Waals surface area contributed by atoms with Crippen LogP contribution < -0.4 is 5.32 Å². The number of hydrogen-bond donors (Lipinski definition) is 2. The maximum absolute atomic E-state index is 12.6. The van der Waals surface area contributed by atoms with Crippen LogP contribution in [0.3, 0.4) is 0 Å².